The predicted octanol–water partition coefficient (Wildman–Crippen LogP) is 2.02. The highest BCUT2D eigenvalue weighted by Crippen LogP contribution is 2.22. The molecule has 3 rings (SSSR count). The van der Waals surface area contributed by atoms with Gasteiger partial charge in [0.1, 0.15) is 0 Å². The summed E-state index contributed by atoms with van der Waals surface area (Å²) in [7, 11) is 0. The number of carboxylic acid groups (broad SMARTS) is 1. The standard InChI is InChI=1S/C16H16FN3O.CH2O2/c17-15-10-19-6-3-14(15)16(21)20-7-4-13(11-20)8-12-2-1-5-18-9-12;2-1-3/h1-3,5-6,9-10,13H,4,7-8,11H2;1H,(H,2,3). The molecule has 7 heteroatoms. The van der Waals surface area contributed by atoms with Crippen molar-refractivity contribution in [3.8, 4) is 0 Å². The summed E-state index contributed by atoms with van der Waals surface area (Å²) in [6, 6.07) is 5.39. The van der Waals surface area contributed by atoms with Gasteiger partial charge in [-0.15, -0.1) is 0 Å². The van der Waals surface area contributed by atoms with Crippen LogP contribution in [0.3, 0.4) is 0 Å². The molecule has 2 aromatic rings. The first-order chi connectivity index (χ1) is 11.7. The molecule has 0 saturated carbocycles. The summed E-state index contributed by atoms with van der Waals surface area (Å²) in [6.07, 6.45) is 7.97. The number of pyridine rings is 2. The van der Waals surface area contributed by atoms with Crippen LogP contribution in [0.5, 0.6) is 0 Å². The molecule has 1 aliphatic heterocycles. The first-order valence-electron chi connectivity index (χ1n) is 7.51. The maximum absolute atomic E-state index is 13.6. The van der Waals surface area contributed by atoms with Crippen molar-refractivity contribution in [3.05, 3.63) is 59.9 Å². The van der Waals surface area contributed by atoms with Crippen molar-refractivity contribution in [1.29, 1.82) is 0 Å². The van der Waals surface area contributed by atoms with E-state index in [-0.39, 0.29) is 17.9 Å². The topological polar surface area (TPSA) is 83.4 Å². The van der Waals surface area contributed by atoms with Gasteiger partial charge < -0.3 is 10.0 Å². The van der Waals surface area contributed by atoms with E-state index in [1.165, 1.54) is 17.8 Å². The fourth-order valence-corrected chi connectivity index (χ4v) is 2.75. The van der Waals surface area contributed by atoms with Crippen LogP contribution in [0.4, 0.5) is 4.39 Å². The Kier molecular flexibility index (Phi) is 6.36. The van der Waals surface area contributed by atoms with Crippen LogP contribution in [0.15, 0.2) is 43.0 Å². The molecule has 1 unspecified atom stereocenters. The summed E-state index contributed by atoms with van der Waals surface area (Å²) < 4.78 is 13.6. The molecule has 24 heavy (non-hydrogen) atoms. The summed E-state index contributed by atoms with van der Waals surface area (Å²) in [5.74, 6) is -0.398. The number of hydrogen-bond donors (Lipinski definition) is 1. The third-order valence-corrected chi connectivity index (χ3v) is 3.82. The Bertz CT molecular complexity index is 682. The van der Waals surface area contributed by atoms with Crippen LogP contribution < -0.4 is 0 Å². The Balaban J connectivity index is 0.000000647. The maximum atomic E-state index is 13.6. The first-order valence-corrected chi connectivity index (χ1v) is 7.51. The fourth-order valence-electron chi connectivity index (χ4n) is 2.75. The van der Waals surface area contributed by atoms with E-state index in [9.17, 15) is 9.18 Å². The summed E-state index contributed by atoms with van der Waals surface area (Å²) in [4.78, 5) is 30.2. The third kappa shape index (κ3) is 4.58. The Labute approximate surface area is 139 Å². The summed E-state index contributed by atoms with van der Waals surface area (Å²) in [5.41, 5.74) is 1.28. The molecule has 6 nitrogen and oxygen atoms in total. The Morgan fingerprint density at radius 1 is 1.33 bits per heavy atom. The molecule has 1 amide bonds. The Morgan fingerprint density at radius 3 is 2.75 bits per heavy atom. The molecule has 126 valence electrons. The van der Waals surface area contributed by atoms with Crippen LogP contribution in [0, 0.1) is 11.7 Å². The van der Waals surface area contributed by atoms with E-state index in [1.807, 2.05) is 18.3 Å². The van der Waals surface area contributed by atoms with Gasteiger partial charge in [-0.3, -0.25) is 19.6 Å². The number of carbonyl (C=O) groups is 2. The number of nitrogens with zero attached hydrogens (tertiary/aromatic N) is 3. The Morgan fingerprint density at radius 2 is 2.08 bits per heavy atom. The average molecular weight is 331 g/mol. The lowest BCUT2D eigenvalue weighted by molar-refractivity contribution is -0.122. The number of halogens is 1. The zero-order valence-corrected chi connectivity index (χ0v) is 13.0. The smallest absolute Gasteiger partial charge is 0.290 e. The number of carbonyl (C=O) groups excluding carboxylic acids is 1. The van der Waals surface area contributed by atoms with Gasteiger partial charge in [0, 0.05) is 31.7 Å². The summed E-state index contributed by atoms with van der Waals surface area (Å²) in [5, 5.41) is 6.89. The molecule has 0 bridgehead atoms. The van der Waals surface area contributed by atoms with Crippen LogP contribution in [0.25, 0.3) is 0 Å². The molecule has 0 spiro atoms. The molecule has 1 fully saturated rings. The zero-order valence-electron chi connectivity index (χ0n) is 13.0. The van der Waals surface area contributed by atoms with Gasteiger partial charge in [0.15, 0.2) is 5.82 Å². The van der Waals surface area contributed by atoms with Crippen LogP contribution >= 0.6 is 0 Å². The lowest BCUT2D eigenvalue weighted by Crippen LogP contribution is -2.29. The van der Waals surface area contributed by atoms with Crippen LogP contribution in [0.2, 0.25) is 0 Å². The average Bonchev–Trinajstić information content (AvgIpc) is 3.05. The largest absolute Gasteiger partial charge is 0.483 e. The van der Waals surface area contributed by atoms with E-state index in [0.717, 1.165) is 19.0 Å². The van der Waals surface area contributed by atoms with Crippen molar-refractivity contribution in [1.82, 2.24) is 14.9 Å². The van der Waals surface area contributed by atoms with Gasteiger partial charge in [-0.25, -0.2) is 4.39 Å². The molecular weight excluding hydrogens is 313 g/mol. The quantitative estimate of drug-likeness (QED) is 0.870. The van der Waals surface area contributed by atoms with Crippen LogP contribution in [0.1, 0.15) is 22.3 Å². The molecule has 2 aromatic heterocycles. The predicted molar refractivity (Wildman–Crippen MR) is 84.8 cm³/mol. The van der Waals surface area contributed by atoms with Crippen molar-refractivity contribution in [2.75, 3.05) is 13.1 Å². The minimum atomic E-state index is -0.557. The number of hydrogen-bond acceptors (Lipinski definition) is 4. The molecule has 1 aliphatic rings. The number of amides is 1. The highest BCUT2D eigenvalue weighted by atomic mass is 19.1. The maximum Gasteiger partial charge on any atom is 0.290 e. The first kappa shape index (κ1) is 17.5. The van der Waals surface area contributed by atoms with E-state index in [2.05, 4.69) is 9.97 Å². The Hall–Kier alpha value is -2.83. The third-order valence-electron chi connectivity index (χ3n) is 3.82. The molecule has 1 atom stereocenters. The molecule has 1 N–H and O–H groups in total. The molecule has 1 saturated heterocycles. The van der Waals surface area contributed by atoms with Gasteiger partial charge in [-0.05, 0) is 36.5 Å². The van der Waals surface area contributed by atoms with Crippen molar-refractivity contribution in [2.45, 2.75) is 12.8 Å². The van der Waals surface area contributed by atoms with E-state index in [1.54, 1.807) is 11.1 Å². The molecule has 0 aliphatic carbocycles. The second-order valence-corrected chi connectivity index (χ2v) is 5.43. The van der Waals surface area contributed by atoms with Gasteiger partial charge in [0.05, 0.1) is 11.8 Å². The second-order valence-electron chi connectivity index (χ2n) is 5.43. The van der Waals surface area contributed by atoms with Crippen LogP contribution in [-0.2, 0) is 11.2 Å². The lowest BCUT2D eigenvalue weighted by atomic mass is 10.00. The van der Waals surface area contributed by atoms with Crippen molar-refractivity contribution < 1.29 is 19.1 Å². The second kappa shape index (κ2) is 8.71. The number of rotatable bonds is 3. The van der Waals surface area contributed by atoms with E-state index >= 15 is 0 Å². The van der Waals surface area contributed by atoms with Gasteiger partial charge in [0.25, 0.3) is 12.4 Å². The normalized spacial score (nSPS) is 16.2. The van der Waals surface area contributed by atoms with Crippen molar-refractivity contribution in [3.63, 3.8) is 0 Å². The van der Waals surface area contributed by atoms with Gasteiger partial charge in [0.2, 0.25) is 0 Å². The minimum absolute atomic E-state index is 0.104. The van der Waals surface area contributed by atoms with Gasteiger partial charge >= 0.3 is 0 Å². The molecule has 0 aromatic carbocycles. The van der Waals surface area contributed by atoms with Gasteiger partial charge in [-0.2, -0.15) is 0 Å². The van der Waals surface area contributed by atoms with E-state index < -0.39 is 5.82 Å². The number of aromatic nitrogens is 2. The molecular formula is C17H18FN3O3. The molecule has 0 radical (unpaired) electrons. The van der Waals surface area contributed by atoms with Crippen LogP contribution in [-0.4, -0.2) is 45.4 Å². The summed E-state index contributed by atoms with van der Waals surface area (Å²) in [6.45, 7) is 1.08. The van der Waals surface area contributed by atoms with E-state index in [4.69, 9.17) is 9.90 Å². The SMILES string of the molecule is O=C(c1ccncc1F)N1CCC(Cc2cccnc2)C1.O=CO. The minimum Gasteiger partial charge on any atom is -0.483 e. The van der Waals surface area contributed by atoms with E-state index in [0.29, 0.717) is 19.0 Å². The zero-order chi connectivity index (χ0) is 17.4. The molecule has 3 heterocycles. The summed E-state index contributed by atoms with van der Waals surface area (Å²) >= 11 is 0. The fraction of sp³-hybridized carbons (Fsp3) is 0.294. The lowest BCUT2D eigenvalue weighted by Gasteiger charge is -2.17. The van der Waals surface area contributed by atoms with Crippen molar-refractivity contribution >= 4 is 12.4 Å². The van der Waals surface area contributed by atoms with Gasteiger partial charge in [-0.1, -0.05) is 6.07 Å². The monoisotopic (exact) mass is 331 g/mol. The van der Waals surface area contributed by atoms with Crippen molar-refractivity contribution in [2.24, 2.45) is 5.92 Å². The highest BCUT2D eigenvalue weighted by molar-refractivity contribution is 5.94. The number of likely N-dealkylation sites (tertiary alicyclic amines) is 1. The highest BCUT2D eigenvalue weighted by Gasteiger charge is 2.28.